The van der Waals surface area contributed by atoms with Gasteiger partial charge in [-0.05, 0) is 30.7 Å². The smallest absolute Gasteiger partial charge is 0.262 e. The fourth-order valence-electron chi connectivity index (χ4n) is 1.90. The van der Waals surface area contributed by atoms with Crippen molar-refractivity contribution in [3.05, 3.63) is 60.7 Å². The van der Waals surface area contributed by atoms with Gasteiger partial charge in [-0.1, -0.05) is 30.9 Å². The maximum absolute atomic E-state index is 12.5. The van der Waals surface area contributed by atoms with Crippen molar-refractivity contribution in [3.63, 3.8) is 0 Å². The van der Waals surface area contributed by atoms with Crippen LogP contribution in [0.5, 0.6) is 11.5 Å². The number of hydrogen-bond donors (Lipinski definition) is 2. The lowest BCUT2D eigenvalue weighted by Gasteiger charge is -2.14. The number of phenolic OH excluding ortho intramolecular Hbond substituents is 1. The normalized spacial score (nSPS) is 11.0. The van der Waals surface area contributed by atoms with Crippen LogP contribution in [0.2, 0.25) is 0 Å². The van der Waals surface area contributed by atoms with Gasteiger partial charge >= 0.3 is 0 Å². The van der Waals surface area contributed by atoms with Gasteiger partial charge in [-0.3, -0.25) is 4.72 Å². The average molecular weight is 319 g/mol. The van der Waals surface area contributed by atoms with E-state index in [1.54, 1.807) is 43.3 Å². The van der Waals surface area contributed by atoms with E-state index < -0.39 is 10.0 Å². The van der Waals surface area contributed by atoms with Crippen molar-refractivity contribution in [3.8, 4) is 11.5 Å². The van der Waals surface area contributed by atoms with Crippen LogP contribution in [-0.2, 0) is 10.0 Å². The lowest BCUT2D eigenvalue weighted by molar-refractivity contribution is 0.365. The summed E-state index contributed by atoms with van der Waals surface area (Å²) in [6.45, 7) is 5.49. The van der Waals surface area contributed by atoms with Gasteiger partial charge in [0.15, 0.2) is 0 Å². The van der Waals surface area contributed by atoms with Crippen LogP contribution in [0, 0.1) is 6.92 Å². The molecule has 0 saturated heterocycles. The van der Waals surface area contributed by atoms with Crippen LogP contribution in [0.15, 0.2) is 60.0 Å². The second-order valence-corrected chi connectivity index (χ2v) is 6.30. The molecule has 0 bridgehead atoms. The summed E-state index contributed by atoms with van der Waals surface area (Å²) in [5, 5.41) is 9.51. The Balaban J connectivity index is 2.37. The van der Waals surface area contributed by atoms with Crippen LogP contribution in [-0.4, -0.2) is 20.1 Å². The maximum Gasteiger partial charge on any atom is 0.262 e. The van der Waals surface area contributed by atoms with Gasteiger partial charge in [0.05, 0.1) is 10.6 Å². The number of aryl methyl sites for hydroxylation is 1. The monoisotopic (exact) mass is 319 g/mol. The highest BCUT2D eigenvalue weighted by Gasteiger charge is 2.19. The van der Waals surface area contributed by atoms with Crippen LogP contribution >= 0.6 is 0 Å². The number of sulfonamides is 1. The van der Waals surface area contributed by atoms with Gasteiger partial charge in [0.2, 0.25) is 0 Å². The zero-order valence-corrected chi connectivity index (χ0v) is 12.9. The standard InChI is InChI=1S/C16H17NO4S/c1-3-10-21-15-7-5-4-6-14(15)17-22(19,20)16-11-13(18)9-8-12(16)2/h3-9,11,17-18H,1,10H2,2H3. The highest BCUT2D eigenvalue weighted by Crippen LogP contribution is 2.28. The Morgan fingerprint density at radius 1 is 1.27 bits per heavy atom. The molecule has 6 heteroatoms. The second kappa shape index (κ2) is 6.53. The van der Waals surface area contributed by atoms with Gasteiger partial charge in [-0.15, -0.1) is 0 Å². The number of para-hydroxylation sites is 2. The van der Waals surface area contributed by atoms with E-state index in [-0.39, 0.29) is 17.3 Å². The molecule has 0 aliphatic carbocycles. The summed E-state index contributed by atoms with van der Waals surface area (Å²) in [6, 6.07) is 10.9. The number of anilines is 1. The third kappa shape index (κ3) is 3.59. The molecule has 22 heavy (non-hydrogen) atoms. The number of ether oxygens (including phenoxy) is 1. The molecule has 116 valence electrons. The Kier molecular flexibility index (Phi) is 4.72. The molecule has 2 N–H and O–H groups in total. The molecule has 0 radical (unpaired) electrons. The van der Waals surface area contributed by atoms with Gasteiger partial charge < -0.3 is 9.84 Å². The summed E-state index contributed by atoms with van der Waals surface area (Å²) in [4.78, 5) is 0.0195. The predicted molar refractivity (Wildman–Crippen MR) is 85.8 cm³/mol. The number of phenols is 1. The van der Waals surface area contributed by atoms with Crippen molar-refractivity contribution in [1.82, 2.24) is 0 Å². The topological polar surface area (TPSA) is 75.6 Å². The predicted octanol–water partition coefficient (Wildman–Crippen LogP) is 3.07. The summed E-state index contributed by atoms with van der Waals surface area (Å²) >= 11 is 0. The Bertz CT molecular complexity index is 784. The van der Waals surface area contributed by atoms with Crippen molar-refractivity contribution in [1.29, 1.82) is 0 Å². The first-order valence-corrected chi connectivity index (χ1v) is 8.07. The molecule has 0 saturated carbocycles. The fraction of sp³-hybridized carbons (Fsp3) is 0.125. The molecule has 2 aromatic rings. The van der Waals surface area contributed by atoms with Gasteiger partial charge in [-0.2, -0.15) is 0 Å². The minimum Gasteiger partial charge on any atom is -0.508 e. The van der Waals surface area contributed by atoms with Crippen LogP contribution in [0.4, 0.5) is 5.69 Å². The summed E-state index contributed by atoms with van der Waals surface area (Å²) < 4.78 is 32.9. The molecule has 2 rings (SSSR count). The lowest BCUT2D eigenvalue weighted by Crippen LogP contribution is -2.15. The molecular formula is C16H17NO4S. The number of aromatic hydroxyl groups is 1. The van der Waals surface area contributed by atoms with Gasteiger partial charge in [-0.25, -0.2) is 8.42 Å². The minimum atomic E-state index is -3.83. The van der Waals surface area contributed by atoms with Crippen molar-refractivity contribution >= 4 is 15.7 Å². The van der Waals surface area contributed by atoms with E-state index in [1.807, 2.05) is 0 Å². The molecular weight excluding hydrogens is 302 g/mol. The first-order chi connectivity index (χ1) is 10.4. The maximum atomic E-state index is 12.5. The zero-order valence-electron chi connectivity index (χ0n) is 12.1. The van der Waals surface area contributed by atoms with Gasteiger partial charge in [0.1, 0.15) is 18.1 Å². The van der Waals surface area contributed by atoms with Crippen LogP contribution in [0.1, 0.15) is 5.56 Å². The Labute approximate surface area is 129 Å². The number of benzene rings is 2. The molecule has 0 unspecified atom stereocenters. The van der Waals surface area contributed by atoms with Gasteiger partial charge in [0.25, 0.3) is 10.0 Å². The number of nitrogens with one attached hydrogen (secondary N) is 1. The summed E-state index contributed by atoms with van der Waals surface area (Å²) in [5.74, 6) is 0.297. The molecule has 0 spiro atoms. The van der Waals surface area contributed by atoms with Crippen LogP contribution < -0.4 is 9.46 Å². The van der Waals surface area contributed by atoms with Crippen molar-refractivity contribution in [2.45, 2.75) is 11.8 Å². The van der Waals surface area contributed by atoms with E-state index in [9.17, 15) is 13.5 Å². The SMILES string of the molecule is C=CCOc1ccccc1NS(=O)(=O)c1cc(O)ccc1C. The van der Waals surface area contributed by atoms with E-state index in [0.29, 0.717) is 17.0 Å². The molecule has 0 amide bonds. The summed E-state index contributed by atoms with van der Waals surface area (Å²) in [7, 11) is -3.83. The molecule has 0 atom stereocenters. The number of rotatable bonds is 6. The third-order valence-corrected chi connectivity index (χ3v) is 4.46. The molecule has 0 fully saturated rings. The quantitative estimate of drug-likeness (QED) is 0.802. The second-order valence-electron chi connectivity index (χ2n) is 4.65. The van der Waals surface area contributed by atoms with Gasteiger partial charge in [0, 0.05) is 6.07 Å². The van der Waals surface area contributed by atoms with E-state index in [2.05, 4.69) is 11.3 Å². The third-order valence-electron chi connectivity index (χ3n) is 2.95. The molecule has 2 aromatic carbocycles. The van der Waals surface area contributed by atoms with E-state index >= 15 is 0 Å². The Morgan fingerprint density at radius 2 is 2.00 bits per heavy atom. The Morgan fingerprint density at radius 3 is 2.73 bits per heavy atom. The molecule has 0 aliphatic heterocycles. The highest BCUT2D eigenvalue weighted by atomic mass is 32.2. The Hall–Kier alpha value is -2.47. The van der Waals surface area contributed by atoms with E-state index in [0.717, 1.165) is 0 Å². The van der Waals surface area contributed by atoms with E-state index in [1.165, 1.54) is 12.1 Å². The minimum absolute atomic E-state index is 0.0195. The molecule has 0 aromatic heterocycles. The first kappa shape index (κ1) is 15.9. The first-order valence-electron chi connectivity index (χ1n) is 6.59. The highest BCUT2D eigenvalue weighted by molar-refractivity contribution is 7.92. The molecule has 0 heterocycles. The number of hydrogen-bond acceptors (Lipinski definition) is 4. The van der Waals surface area contributed by atoms with Crippen molar-refractivity contribution < 1.29 is 18.3 Å². The summed E-state index contributed by atoms with van der Waals surface area (Å²) in [6.07, 6.45) is 1.57. The fourth-order valence-corrected chi connectivity index (χ4v) is 3.24. The molecule has 5 nitrogen and oxygen atoms in total. The van der Waals surface area contributed by atoms with Crippen molar-refractivity contribution in [2.24, 2.45) is 0 Å². The van der Waals surface area contributed by atoms with E-state index in [4.69, 9.17) is 4.74 Å². The average Bonchev–Trinajstić information content (AvgIpc) is 2.48. The van der Waals surface area contributed by atoms with Crippen LogP contribution in [0.3, 0.4) is 0 Å². The zero-order chi connectivity index (χ0) is 16.2. The largest absolute Gasteiger partial charge is 0.508 e. The van der Waals surface area contributed by atoms with Crippen LogP contribution in [0.25, 0.3) is 0 Å². The molecule has 0 aliphatic rings. The lowest BCUT2D eigenvalue weighted by atomic mass is 10.2. The summed E-state index contributed by atoms with van der Waals surface area (Å²) in [5.41, 5.74) is 0.863. The van der Waals surface area contributed by atoms with Crippen molar-refractivity contribution in [2.75, 3.05) is 11.3 Å².